The van der Waals surface area contributed by atoms with Gasteiger partial charge in [-0.2, -0.15) is 0 Å². The van der Waals surface area contributed by atoms with E-state index in [1.165, 1.54) is 11.3 Å². The average Bonchev–Trinajstić information content (AvgIpc) is 2.81. The van der Waals surface area contributed by atoms with Crippen molar-refractivity contribution in [3.8, 4) is 0 Å². The highest BCUT2D eigenvalue weighted by molar-refractivity contribution is 5.79. The molecule has 1 aliphatic heterocycles. The molecule has 0 fully saturated rings. The number of para-hydroxylation sites is 1. The van der Waals surface area contributed by atoms with E-state index in [4.69, 9.17) is 4.99 Å². The fourth-order valence-corrected chi connectivity index (χ4v) is 2.82. The van der Waals surface area contributed by atoms with Crippen LogP contribution in [0.1, 0.15) is 12.5 Å². The van der Waals surface area contributed by atoms with Crippen molar-refractivity contribution in [3.05, 3.63) is 29.8 Å². The highest BCUT2D eigenvalue weighted by atomic mass is 15.3. The lowest BCUT2D eigenvalue weighted by Gasteiger charge is -2.28. The third-order valence-electron chi connectivity index (χ3n) is 3.75. The molecule has 2 rings (SSSR count). The summed E-state index contributed by atoms with van der Waals surface area (Å²) >= 11 is 0. The molecule has 1 aromatic rings. The molecular weight excluding hydrogens is 248 g/mol. The zero-order valence-corrected chi connectivity index (χ0v) is 13.3. The second-order valence-corrected chi connectivity index (χ2v) is 5.85. The van der Waals surface area contributed by atoms with E-state index >= 15 is 0 Å². The van der Waals surface area contributed by atoms with Crippen LogP contribution in [0.25, 0.3) is 0 Å². The maximum Gasteiger partial charge on any atom is 0.195 e. The summed E-state index contributed by atoms with van der Waals surface area (Å²) in [4.78, 5) is 11.4. The minimum atomic E-state index is 0.425. The van der Waals surface area contributed by atoms with Gasteiger partial charge < -0.3 is 14.7 Å². The van der Waals surface area contributed by atoms with Gasteiger partial charge in [0.25, 0.3) is 0 Å². The van der Waals surface area contributed by atoms with Crippen molar-refractivity contribution >= 4 is 11.6 Å². The summed E-state index contributed by atoms with van der Waals surface area (Å²) in [6.45, 7) is 4.18. The van der Waals surface area contributed by atoms with E-state index in [0.717, 1.165) is 25.5 Å². The summed E-state index contributed by atoms with van der Waals surface area (Å²) in [6, 6.07) is 9.13. The largest absolute Gasteiger partial charge is 0.366 e. The molecule has 4 heteroatoms. The lowest BCUT2D eigenvalue weighted by Crippen LogP contribution is -2.38. The Morgan fingerprint density at radius 2 is 1.85 bits per heavy atom. The van der Waals surface area contributed by atoms with Crippen molar-refractivity contribution in [2.75, 3.05) is 46.2 Å². The van der Waals surface area contributed by atoms with Gasteiger partial charge in [0.05, 0.1) is 6.54 Å². The van der Waals surface area contributed by atoms with Crippen LogP contribution in [-0.4, -0.2) is 63.1 Å². The van der Waals surface area contributed by atoms with E-state index in [2.05, 4.69) is 45.9 Å². The van der Waals surface area contributed by atoms with Crippen LogP contribution in [-0.2, 0) is 6.42 Å². The molecule has 1 atom stereocenters. The number of benzene rings is 1. The summed E-state index contributed by atoms with van der Waals surface area (Å²) in [5, 5.41) is 0. The molecule has 1 aromatic carbocycles. The van der Waals surface area contributed by atoms with Gasteiger partial charge in [-0.15, -0.1) is 0 Å². The molecule has 20 heavy (non-hydrogen) atoms. The van der Waals surface area contributed by atoms with Crippen LogP contribution in [0.15, 0.2) is 29.3 Å². The Morgan fingerprint density at radius 3 is 2.50 bits per heavy atom. The second-order valence-electron chi connectivity index (χ2n) is 5.85. The molecule has 0 saturated carbocycles. The molecule has 1 unspecified atom stereocenters. The van der Waals surface area contributed by atoms with Crippen LogP contribution in [0.3, 0.4) is 0 Å². The maximum atomic E-state index is 4.77. The molecule has 1 heterocycles. The van der Waals surface area contributed by atoms with Crippen LogP contribution in [0.2, 0.25) is 0 Å². The van der Waals surface area contributed by atoms with Gasteiger partial charge in [0.1, 0.15) is 0 Å². The van der Waals surface area contributed by atoms with Crippen LogP contribution in [0.5, 0.6) is 0 Å². The van der Waals surface area contributed by atoms with Gasteiger partial charge in [-0.25, -0.2) is 0 Å². The summed E-state index contributed by atoms with van der Waals surface area (Å²) in [6.07, 6.45) is 1.15. The van der Waals surface area contributed by atoms with E-state index in [9.17, 15) is 0 Å². The van der Waals surface area contributed by atoms with Crippen LogP contribution >= 0.6 is 0 Å². The second kappa shape index (κ2) is 6.16. The lowest BCUT2D eigenvalue weighted by atomic mass is 10.2. The van der Waals surface area contributed by atoms with Crippen molar-refractivity contribution in [2.45, 2.75) is 19.4 Å². The Balaban J connectivity index is 2.06. The SMILES string of the molecule is CC(CN=C(N(C)C)N(C)C)N1CCc2ccccc21. The zero-order valence-electron chi connectivity index (χ0n) is 13.3. The van der Waals surface area contributed by atoms with Gasteiger partial charge in [0, 0.05) is 46.5 Å². The van der Waals surface area contributed by atoms with Crippen molar-refractivity contribution < 1.29 is 0 Å². The van der Waals surface area contributed by atoms with Crippen LogP contribution in [0, 0.1) is 0 Å². The van der Waals surface area contributed by atoms with Gasteiger partial charge in [0.15, 0.2) is 5.96 Å². The Labute approximate surface area is 122 Å². The van der Waals surface area contributed by atoms with Crippen LogP contribution < -0.4 is 4.90 Å². The highest BCUT2D eigenvalue weighted by Gasteiger charge is 2.22. The summed E-state index contributed by atoms with van der Waals surface area (Å²) in [5.74, 6) is 1.02. The fourth-order valence-electron chi connectivity index (χ4n) is 2.82. The van der Waals surface area contributed by atoms with Crippen molar-refractivity contribution in [2.24, 2.45) is 4.99 Å². The van der Waals surface area contributed by atoms with E-state index in [1.807, 2.05) is 28.2 Å². The first-order valence-electron chi connectivity index (χ1n) is 7.24. The molecule has 0 aliphatic carbocycles. The molecule has 1 aliphatic rings. The smallest absolute Gasteiger partial charge is 0.195 e. The predicted octanol–water partition coefficient (Wildman–Crippen LogP) is 1.92. The molecule has 0 saturated heterocycles. The standard InChI is InChI=1S/C16H26N4/c1-13(12-17-16(18(2)3)19(4)5)20-11-10-14-8-6-7-9-15(14)20/h6-9,13H,10-12H2,1-5H3. The van der Waals surface area contributed by atoms with Gasteiger partial charge >= 0.3 is 0 Å². The van der Waals surface area contributed by atoms with Crippen molar-refractivity contribution in [1.82, 2.24) is 9.80 Å². The molecule has 0 bridgehead atoms. The molecule has 110 valence electrons. The number of hydrogen-bond donors (Lipinski definition) is 0. The normalized spacial score (nSPS) is 14.8. The fraction of sp³-hybridized carbons (Fsp3) is 0.562. The number of nitrogens with zero attached hydrogens (tertiary/aromatic N) is 4. The minimum Gasteiger partial charge on any atom is -0.366 e. The Bertz CT molecular complexity index is 469. The number of anilines is 1. The van der Waals surface area contributed by atoms with Gasteiger partial charge in [-0.05, 0) is 25.0 Å². The van der Waals surface area contributed by atoms with Crippen molar-refractivity contribution in [3.63, 3.8) is 0 Å². The number of guanidine groups is 1. The summed E-state index contributed by atoms with van der Waals surface area (Å²) in [5.41, 5.74) is 2.84. The highest BCUT2D eigenvalue weighted by Crippen LogP contribution is 2.29. The Hall–Kier alpha value is -1.71. The number of rotatable bonds is 3. The topological polar surface area (TPSA) is 22.1 Å². The first kappa shape index (κ1) is 14.7. The summed E-state index contributed by atoms with van der Waals surface area (Å²) in [7, 11) is 8.15. The number of hydrogen-bond acceptors (Lipinski definition) is 2. The van der Waals surface area contributed by atoms with Gasteiger partial charge in [0.2, 0.25) is 0 Å². The molecule has 0 radical (unpaired) electrons. The monoisotopic (exact) mass is 274 g/mol. The van der Waals surface area contributed by atoms with E-state index < -0.39 is 0 Å². The maximum absolute atomic E-state index is 4.77. The molecular formula is C16H26N4. The number of fused-ring (bicyclic) bond motifs is 1. The first-order valence-corrected chi connectivity index (χ1v) is 7.24. The Kier molecular flexibility index (Phi) is 4.53. The predicted molar refractivity (Wildman–Crippen MR) is 86.6 cm³/mol. The first-order chi connectivity index (χ1) is 9.50. The third kappa shape index (κ3) is 3.06. The van der Waals surface area contributed by atoms with Gasteiger partial charge in [-0.3, -0.25) is 4.99 Å². The average molecular weight is 274 g/mol. The van der Waals surface area contributed by atoms with E-state index in [1.54, 1.807) is 0 Å². The molecule has 0 amide bonds. The molecule has 0 aromatic heterocycles. The van der Waals surface area contributed by atoms with E-state index in [-0.39, 0.29) is 0 Å². The lowest BCUT2D eigenvalue weighted by molar-refractivity contribution is 0.476. The van der Waals surface area contributed by atoms with Gasteiger partial charge in [-0.1, -0.05) is 18.2 Å². The molecule has 4 nitrogen and oxygen atoms in total. The van der Waals surface area contributed by atoms with Crippen molar-refractivity contribution in [1.29, 1.82) is 0 Å². The van der Waals surface area contributed by atoms with Crippen LogP contribution in [0.4, 0.5) is 5.69 Å². The molecule has 0 N–H and O–H groups in total. The summed E-state index contributed by atoms with van der Waals surface area (Å²) < 4.78 is 0. The minimum absolute atomic E-state index is 0.425. The van der Waals surface area contributed by atoms with E-state index in [0.29, 0.717) is 6.04 Å². The Morgan fingerprint density at radius 1 is 1.20 bits per heavy atom. The zero-order chi connectivity index (χ0) is 14.7. The third-order valence-corrected chi connectivity index (χ3v) is 3.75. The quantitative estimate of drug-likeness (QED) is 0.621. The molecule has 0 spiro atoms. The number of aliphatic imine (C=N–C) groups is 1.